The first-order valence-corrected chi connectivity index (χ1v) is 7.76. The fourth-order valence-corrected chi connectivity index (χ4v) is 1.94. The van der Waals surface area contributed by atoms with E-state index in [1.54, 1.807) is 12.1 Å². The number of aromatic nitrogens is 2. The Morgan fingerprint density at radius 1 is 1.00 bits per heavy atom. The molecular weight excluding hydrogens is 315 g/mol. The number of benzene rings is 1. The Morgan fingerprint density at radius 3 is 2.08 bits per heavy atom. The number of aryl methyl sites for hydroxylation is 1. The highest BCUT2D eigenvalue weighted by Gasteiger charge is 2.34. The third-order valence-corrected chi connectivity index (χ3v) is 4.01. The summed E-state index contributed by atoms with van der Waals surface area (Å²) in [6.45, 7) is 9.82. The van der Waals surface area contributed by atoms with E-state index in [0.29, 0.717) is 5.56 Å². The van der Waals surface area contributed by atoms with E-state index < -0.39 is 11.9 Å². The maximum absolute atomic E-state index is 13.2. The molecule has 0 amide bonds. The molecule has 1 aromatic carbocycles. The second-order valence-corrected chi connectivity index (χ2v) is 7.06. The van der Waals surface area contributed by atoms with Crippen molar-refractivity contribution >= 4 is 5.95 Å². The molecule has 0 spiro atoms. The summed E-state index contributed by atoms with van der Waals surface area (Å²) in [5.41, 5.74) is 0.822. The van der Waals surface area contributed by atoms with E-state index >= 15 is 0 Å². The number of hydrogen-bond acceptors (Lipinski definition) is 3. The molecule has 1 aromatic heterocycles. The summed E-state index contributed by atoms with van der Waals surface area (Å²) in [6, 6.07) is 8.10. The van der Waals surface area contributed by atoms with Crippen LogP contribution in [0.4, 0.5) is 19.1 Å². The molecule has 0 unspecified atom stereocenters. The molecule has 0 saturated carbocycles. The van der Waals surface area contributed by atoms with Gasteiger partial charge in [0.15, 0.2) is 5.69 Å². The van der Waals surface area contributed by atoms with Crippen molar-refractivity contribution in [2.24, 2.45) is 5.41 Å². The fourth-order valence-electron chi connectivity index (χ4n) is 1.94. The SMILES string of the molecule is Cc1ccc(-c2cc(C(F)(F)F)nc(N[C@@H](C)C(C)(C)C)n2)cc1. The van der Waals surface area contributed by atoms with Gasteiger partial charge in [-0.3, -0.25) is 0 Å². The lowest BCUT2D eigenvalue weighted by Gasteiger charge is -2.28. The molecule has 0 aliphatic carbocycles. The van der Waals surface area contributed by atoms with Gasteiger partial charge in [0.25, 0.3) is 0 Å². The highest BCUT2D eigenvalue weighted by atomic mass is 19.4. The van der Waals surface area contributed by atoms with Crippen LogP contribution < -0.4 is 5.32 Å². The van der Waals surface area contributed by atoms with Crippen LogP contribution in [0.1, 0.15) is 39.0 Å². The van der Waals surface area contributed by atoms with Crippen LogP contribution in [0.25, 0.3) is 11.3 Å². The first kappa shape index (κ1) is 18.2. The number of hydrogen-bond donors (Lipinski definition) is 1. The van der Waals surface area contributed by atoms with Gasteiger partial charge in [-0.05, 0) is 25.3 Å². The van der Waals surface area contributed by atoms with Crippen LogP contribution in [0.15, 0.2) is 30.3 Å². The first-order chi connectivity index (χ1) is 11.0. The van der Waals surface area contributed by atoms with Gasteiger partial charge in [-0.1, -0.05) is 50.6 Å². The van der Waals surface area contributed by atoms with Crippen molar-refractivity contribution in [2.45, 2.75) is 46.8 Å². The average molecular weight is 337 g/mol. The summed E-state index contributed by atoms with van der Waals surface area (Å²) in [5, 5.41) is 2.99. The Morgan fingerprint density at radius 2 is 1.58 bits per heavy atom. The monoisotopic (exact) mass is 337 g/mol. The van der Waals surface area contributed by atoms with E-state index in [1.165, 1.54) is 0 Å². The van der Waals surface area contributed by atoms with Crippen LogP contribution in [0.5, 0.6) is 0 Å². The number of anilines is 1. The van der Waals surface area contributed by atoms with E-state index in [1.807, 2.05) is 46.8 Å². The third-order valence-electron chi connectivity index (χ3n) is 4.01. The largest absolute Gasteiger partial charge is 0.433 e. The minimum atomic E-state index is -4.52. The molecule has 0 aliphatic rings. The van der Waals surface area contributed by atoms with Crippen LogP contribution in [-0.4, -0.2) is 16.0 Å². The molecule has 0 radical (unpaired) electrons. The molecule has 1 N–H and O–H groups in total. The van der Waals surface area contributed by atoms with Gasteiger partial charge in [0.1, 0.15) is 0 Å². The summed E-state index contributed by atoms with van der Waals surface area (Å²) in [5.74, 6) is -0.0113. The van der Waals surface area contributed by atoms with E-state index in [9.17, 15) is 13.2 Å². The Balaban J connectivity index is 2.48. The van der Waals surface area contributed by atoms with Gasteiger partial charge in [0, 0.05) is 11.6 Å². The average Bonchev–Trinajstić information content (AvgIpc) is 2.45. The Labute approximate surface area is 140 Å². The highest BCUT2D eigenvalue weighted by molar-refractivity contribution is 5.61. The summed E-state index contributed by atoms with van der Waals surface area (Å²) in [6.07, 6.45) is -4.52. The zero-order valence-corrected chi connectivity index (χ0v) is 14.5. The fraction of sp³-hybridized carbons (Fsp3) is 0.444. The topological polar surface area (TPSA) is 37.8 Å². The molecule has 0 fully saturated rings. The van der Waals surface area contributed by atoms with Gasteiger partial charge < -0.3 is 5.32 Å². The zero-order chi connectivity index (χ0) is 18.1. The van der Waals surface area contributed by atoms with Gasteiger partial charge >= 0.3 is 6.18 Å². The lowest BCUT2D eigenvalue weighted by molar-refractivity contribution is -0.141. The van der Waals surface area contributed by atoms with E-state index in [-0.39, 0.29) is 23.1 Å². The number of nitrogens with zero attached hydrogens (tertiary/aromatic N) is 2. The highest BCUT2D eigenvalue weighted by Crippen LogP contribution is 2.32. The number of nitrogens with one attached hydrogen (secondary N) is 1. The molecule has 130 valence electrons. The molecule has 6 heteroatoms. The molecule has 24 heavy (non-hydrogen) atoms. The Bertz CT molecular complexity index is 701. The van der Waals surface area contributed by atoms with Crippen molar-refractivity contribution in [1.29, 1.82) is 0 Å². The molecule has 0 bridgehead atoms. The summed E-state index contributed by atoms with van der Waals surface area (Å²) >= 11 is 0. The van der Waals surface area contributed by atoms with Gasteiger partial charge in [0.2, 0.25) is 5.95 Å². The molecule has 1 heterocycles. The molecular formula is C18H22F3N3. The Hall–Kier alpha value is -2.11. The van der Waals surface area contributed by atoms with Crippen molar-refractivity contribution in [3.8, 4) is 11.3 Å². The standard InChI is InChI=1S/C18H22F3N3/c1-11-6-8-13(9-7-11)14-10-15(18(19,20)21)24-16(23-14)22-12(2)17(3,4)5/h6-10,12H,1-5H3,(H,22,23,24)/t12-/m0/s1. The second-order valence-electron chi connectivity index (χ2n) is 7.06. The Kier molecular flexibility index (Phi) is 4.87. The normalized spacial score (nSPS) is 13.7. The number of halogens is 3. The van der Waals surface area contributed by atoms with Gasteiger partial charge in [0.05, 0.1) is 5.69 Å². The molecule has 2 rings (SSSR count). The van der Waals surface area contributed by atoms with Gasteiger partial charge in [-0.15, -0.1) is 0 Å². The van der Waals surface area contributed by atoms with E-state index in [0.717, 1.165) is 11.6 Å². The molecule has 0 saturated heterocycles. The predicted molar refractivity (Wildman–Crippen MR) is 89.7 cm³/mol. The molecule has 3 nitrogen and oxygen atoms in total. The summed E-state index contributed by atoms with van der Waals surface area (Å²) < 4.78 is 39.5. The van der Waals surface area contributed by atoms with Crippen LogP contribution in [-0.2, 0) is 6.18 Å². The lowest BCUT2D eigenvalue weighted by atomic mass is 9.88. The van der Waals surface area contributed by atoms with E-state index in [2.05, 4.69) is 15.3 Å². The summed E-state index contributed by atoms with van der Waals surface area (Å²) in [4.78, 5) is 7.93. The quantitative estimate of drug-likeness (QED) is 0.824. The van der Waals surface area contributed by atoms with Crippen molar-refractivity contribution in [2.75, 3.05) is 5.32 Å². The smallest absolute Gasteiger partial charge is 0.351 e. The maximum atomic E-state index is 13.2. The van der Waals surface area contributed by atoms with Crippen molar-refractivity contribution in [1.82, 2.24) is 9.97 Å². The minimum Gasteiger partial charge on any atom is -0.351 e. The second kappa shape index (κ2) is 6.42. The van der Waals surface area contributed by atoms with Crippen molar-refractivity contribution in [3.05, 3.63) is 41.6 Å². The van der Waals surface area contributed by atoms with Crippen LogP contribution in [0, 0.1) is 12.3 Å². The van der Waals surface area contributed by atoms with Gasteiger partial charge in [-0.2, -0.15) is 13.2 Å². The molecule has 1 atom stereocenters. The van der Waals surface area contributed by atoms with Crippen molar-refractivity contribution in [3.63, 3.8) is 0 Å². The van der Waals surface area contributed by atoms with Crippen LogP contribution >= 0.6 is 0 Å². The lowest BCUT2D eigenvalue weighted by Crippen LogP contribution is -2.32. The number of alkyl halides is 3. The third kappa shape index (κ3) is 4.46. The first-order valence-electron chi connectivity index (χ1n) is 7.76. The molecule has 0 aliphatic heterocycles. The summed E-state index contributed by atoms with van der Waals surface area (Å²) in [7, 11) is 0. The van der Waals surface area contributed by atoms with Crippen LogP contribution in [0.2, 0.25) is 0 Å². The minimum absolute atomic E-state index is 0.0113. The van der Waals surface area contributed by atoms with Crippen LogP contribution in [0.3, 0.4) is 0 Å². The number of rotatable bonds is 3. The van der Waals surface area contributed by atoms with Gasteiger partial charge in [-0.25, -0.2) is 9.97 Å². The van der Waals surface area contributed by atoms with Crippen molar-refractivity contribution < 1.29 is 13.2 Å². The predicted octanol–water partition coefficient (Wildman–Crippen LogP) is 5.32. The molecule has 2 aromatic rings. The van der Waals surface area contributed by atoms with E-state index in [4.69, 9.17) is 0 Å². The zero-order valence-electron chi connectivity index (χ0n) is 14.5. The maximum Gasteiger partial charge on any atom is 0.433 e.